The third kappa shape index (κ3) is 5.61. The standard InChI is InChI=1S/C19H22Cl2N2O3S/c1-4-18(19(24)22-12-14-8-6-5-7-13(14)2)23(27(3,25)26)17-10-15(20)9-16(21)11-17/h5-11,18H,4,12H2,1-3H3,(H,22,24)/t18-/m1/s1. The van der Waals surface area contributed by atoms with E-state index in [-0.39, 0.29) is 18.0 Å². The molecule has 1 N–H and O–H groups in total. The first kappa shape index (κ1) is 21.5. The molecular formula is C19H22Cl2N2O3S. The van der Waals surface area contributed by atoms with Gasteiger partial charge in [0.25, 0.3) is 0 Å². The van der Waals surface area contributed by atoms with Crippen LogP contribution in [0, 0.1) is 6.92 Å². The molecule has 2 aromatic rings. The summed E-state index contributed by atoms with van der Waals surface area (Å²) in [5, 5.41) is 3.42. The van der Waals surface area contributed by atoms with Gasteiger partial charge in [-0.2, -0.15) is 0 Å². The minimum atomic E-state index is -3.74. The summed E-state index contributed by atoms with van der Waals surface area (Å²) in [6.07, 6.45) is 1.34. The van der Waals surface area contributed by atoms with Crippen LogP contribution in [0.3, 0.4) is 0 Å². The molecular weight excluding hydrogens is 407 g/mol. The second-order valence-electron chi connectivity index (χ2n) is 6.25. The summed E-state index contributed by atoms with van der Waals surface area (Å²) in [5.41, 5.74) is 2.28. The van der Waals surface area contributed by atoms with Crippen molar-refractivity contribution in [2.45, 2.75) is 32.9 Å². The maximum atomic E-state index is 12.8. The van der Waals surface area contributed by atoms with Gasteiger partial charge in [0.2, 0.25) is 15.9 Å². The van der Waals surface area contributed by atoms with Gasteiger partial charge in [0, 0.05) is 16.6 Å². The number of nitrogens with one attached hydrogen (secondary N) is 1. The largest absolute Gasteiger partial charge is 0.350 e. The molecule has 1 amide bonds. The monoisotopic (exact) mass is 428 g/mol. The number of amides is 1. The molecule has 0 aliphatic rings. The maximum absolute atomic E-state index is 12.8. The molecule has 0 saturated heterocycles. The lowest BCUT2D eigenvalue weighted by Crippen LogP contribution is -2.49. The lowest BCUT2D eigenvalue weighted by molar-refractivity contribution is -0.122. The highest BCUT2D eigenvalue weighted by atomic mass is 35.5. The highest BCUT2D eigenvalue weighted by molar-refractivity contribution is 7.92. The van der Waals surface area contributed by atoms with Gasteiger partial charge in [-0.15, -0.1) is 0 Å². The number of nitrogens with zero attached hydrogens (tertiary/aromatic N) is 1. The van der Waals surface area contributed by atoms with Crippen molar-refractivity contribution in [1.29, 1.82) is 0 Å². The van der Waals surface area contributed by atoms with E-state index in [4.69, 9.17) is 23.2 Å². The van der Waals surface area contributed by atoms with E-state index in [2.05, 4.69) is 5.32 Å². The molecule has 0 radical (unpaired) electrons. The van der Waals surface area contributed by atoms with Crippen molar-refractivity contribution in [3.05, 3.63) is 63.6 Å². The van der Waals surface area contributed by atoms with E-state index in [1.54, 1.807) is 6.92 Å². The van der Waals surface area contributed by atoms with Crippen LogP contribution in [0.4, 0.5) is 5.69 Å². The number of carbonyl (C=O) groups excluding carboxylic acids is 1. The zero-order chi connectivity index (χ0) is 20.2. The van der Waals surface area contributed by atoms with Crippen LogP contribution >= 0.6 is 23.2 Å². The fraction of sp³-hybridized carbons (Fsp3) is 0.316. The van der Waals surface area contributed by atoms with Crippen LogP contribution in [0.15, 0.2) is 42.5 Å². The van der Waals surface area contributed by atoms with Gasteiger partial charge in [0.15, 0.2) is 0 Å². The number of sulfonamides is 1. The van der Waals surface area contributed by atoms with Crippen molar-refractivity contribution in [3.63, 3.8) is 0 Å². The number of carbonyl (C=O) groups is 1. The summed E-state index contributed by atoms with van der Waals surface area (Å²) in [6.45, 7) is 4.02. The summed E-state index contributed by atoms with van der Waals surface area (Å²) in [7, 11) is -3.74. The molecule has 1 atom stereocenters. The number of anilines is 1. The van der Waals surface area contributed by atoms with Gasteiger partial charge in [-0.1, -0.05) is 54.4 Å². The van der Waals surface area contributed by atoms with Crippen molar-refractivity contribution in [2.24, 2.45) is 0 Å². The predicted molar refractivity (Wildman–Crippen MR) is 111 cm³/mol. The second-order valence-corrected chi connectivity index (χ2v) is 8.99. The Morgan fingerprint density at radius 3 is 2.26 bits per heavy atom. The molecule has 0 unspecified atom stereocenters. The second kappa shape index (κ2) is 8.95. The molecule has 146 valence electrons. The first-order chi connectivity index (χ1) is 12.6. The summed E-state index contributed by atoms with van der Waals surface area (Å²) in [6, 6.07) is 11.2. The van der Waals surface area contributed by atoms with E-state index < -0.39 is 16.1 Å². The van der Waals surface area contributed by atoms with E-state index in [0.29, 0.717) is 16.6 Å². The Hall–Kier alpha value is -1.76. The molecule has 0 aliphatic carbocycles. The minimum absolute atomic E-state index is 0.257. The van der Waals surface area contributed by atoms with E-state index in [1.165, 1.54) is 18.2 Å². The van der Waals surface area contributed by atoms with E-state index in [9.17, 15) is 13.2 Å². The lowest BCUT2D eigenvalue weighted by Gasteiger charge is -2.30. The van der Waals surface area contributed by atoms with Crippen molar-refractivity contribution in [3.8, 4) is 0 Å². The third-order valence-electron chi connectivity index (χ3n) is 4.15. The Morgan fingerprint density at radius 1 is 1.15 bits per heavy atom. The van der Waals surface area contributed by atoms with Crippen molar-refractivity contribution < 1.29 is 13.2 Å². The molecule has 5 nitrogen and oxygen atoms in total. The van der Waals surface area contributed by atoms with Gasteiger partial charge in [-0.3, -0.25) is 9.10 Å². The number of rotatable bonds is 7. The molecule has 0 heterocycles. The SMILES string of the molecule is CC[C@H](C(=O)NCc1ccccc1C)N(c1cc(Cl)cc(Cl)c1)S(C)(=O)=O. The van der Waals surface area contributed by atoms with Crippen LogP contribution in [-0.4, -0.2) is 26.6 Å². The molecule has 8 heteroatoms. The first-order valence-corrected chi connectivity index (χ1v) is 11.0. The van der Waals surface area contributed by atoms with Crippen LogP contribution in [-0.2, 0) is 21.4 Å². The predicted octanol–water partition coefficient (Wildman–Crippen LogP) is 4.16. The number of benzene rings is 2. The summed E-state index contributed by atoms with van der Waals surface area (Å²) >= 11 is 12.0. The summed E-state index contributed by atoms with van der Waals surface area (Å²) < 4.78 is 26.0. The van der Waals surface area contributed by atoms with Gasteiger partial charge < -0.3 is 5.32 Å². The maximum Gasteiger partial charge on any atom is 0.244 e. The smallest absolute Gasteiger partial charge is 0.244 e. The fourth-order valence-electron chi connectivity index (χ4n) is 2.84. The zero-order valence-electron chi connectivity index (χ0n) is 15.4. The molecule has 2 rings (SSSR count). The van der Waals surface area contributed by atoms with Gasteiger partial charge in [-0.25, -0.2) is 8.42 Å². The lowest BCUT2D eigenvalue weighted by atomic mass is 10.1. The number of hydrogen-bond acceptors (Lipinski definition) is 3. The van der Waals surface area contributed by atoms with Crippen molar-refractivity contribution >= 4 is 44.8 Å². The summed E-state index contributed by atoms with van der Waals surface area (Å²) in [5.74, 6) is -0.387. The Morgan fingerprint density at radius 2 is 1.74 bits per heavy atom. The van der Waals surface area contributed by atoms with Gasteiger partial charge >= 0.3 is 0 Å². The van der Waals surface area contributed by atoms with Gasteiger partial charge in [0.05, 0.1) is 11.9 Å². The number of aryl methyl sites for hydroxylation is 1. The number of halogens is 2. The van der Waals surface area contributed by atoms with Crippen LogP contribution < -0.4 is 9.62 Å². The first-order valence-electron chi connectivity index (χ1n) is 8.41. The molecule has 27 heavy (non-hydrogen) atoms. The Kier molecular flexibility index (Phi) is 7.14. The van der Waals surface area contributed by atoms with Crippen LogP contribution in [0.5, 0.6) is 0 Å². The highest BCUT2D eigenvalue weighted by Gasteiger charge is 2.31. The minimum Gasteiger partial charge on any atom is -0.350 e. The highest BCUT2D eigenvalue weighted by Crippen LogP contribution is 2.29. The molecule has 0 bridgehead atoms. The molecule has 2 aromatic carbocycles. The van der Waals surface area contributed by atoms with Crippen molar-refractivity contribution in [2.75, 3.05) is 10.6 Å². The van der Waals surface area contributed by atoms with Gasteiger partial charge in [0.1, 0.15) is 6.04 Å². The van der Waals surface area contributed by atoms with Crippen LogP contribution in [0.2, 0.25) is 10.0 Å². The van der Waals surface area contributed by atoms with Crippen LogP contribution in [0.1, 0.15) is 24.5 Å². The average molecular weight is 429 g/mol. The Bertz CT molecular complexity index is 912. The molecule has 0 spiro atoms. The van der Waals surface area contributed by atoms with E-state index >= 15 is 0 Å². The quantitative estimate of drug-likeness (QED) is 0.719. The average Bonchev–Trinajstić information content (AvgIpc) is 2.56. The van der Waals surface area contributed by atoms with Gasteiger partial charge in [-0.05, 0) is 42.7 Å². The molecule has 0 saturated carbocycles. The fourth-order valence-corrected chi connectivity index (χ4v) is 4.55. The molecule has 0 aromatic heterocycles. The topological polar surface area (TPSA) is 66.5 Å². The van der Waals surface area contributed by atoms with E-state index in [0.717, 1.165) is 21.7 Å². The molecule has 0 fully saturated rings. The number of hydrogen-bond donors (Lipinski definition) is 1. The van der Waals surface area contributed by atoms with Crippen LogP contribution in [0.25, 0.3) is 0 Å². The zero-order valence-corrected chi connectivity index (χ0v) is 17.7. The Balaban J connectivity index is 2.32. The van der Waals surface area contributed by atoms with Crippen molar-refractivity contribution in [1.82, 2.24) is 5.32 Å². The Labute approximate surface area is 170 Å². The van der Waals surface area contributed by atoms with E-state index in [1.807, 2.05) is 31.2 Å². The summed E-state index contributed by atoms with van der Waals surface area (Å²) in [4.78, 5) is 12.8. The molecule has 0 aliphatic heterocycles. The third-order valence-corrected chi connectivity index (χ3v) is 5.76. The normalized spacial score (nSPS) is 12.5.